The minimum atomic E-state index is -6.03. The first-order valence-corrected chi connectivity index (χ1v) is 12.4. The summed E-state index contributed by atoms with van der Waals surface area (Å²) in [6.45, 7) is 9.65. The monoisotopic (exact) mass is 515 g/mol. The Balaban J connectivity index is 2.36. The smallest absolute Gasteiger partial charge is 0.374 e. The number of aromatic nitrogens is 1. The third-order valence-corrected chi connectivity index (χ3v) is 6.80. The highest BCUT2D eigenvalue weighted by molar-refractivity contribution is 7.88. The van der Waals surface area contributed by atoms with E-state index in [0.29, 0.717) is 16.1 Å². The maximum atomic E-state index is 13.3. The van der Waals surface area contributed by atoms with Gasteiger partial charge in [-0.3, -0.25) is 4.79 Å². The standard InChI is InChI=1S/C23H24F3NO5S2/c1-12-8-7-9-15(10-12)21-27-16-11-13(2)17(18(14(3)28)31-22(4,5)6)19(20(16)33-21)32-34(29,30)23(24,25)26/h7-11,18H,1-6H3/t18-/m1/s1. The number of carbonyl (C=O) groups is 1. The number of fused-ring (bicyclic) bond motifs is 1. The van der Waals surface area contributed by atoms with Gasteiger partial charge in [0.25, 0.3) is 0 Å². The van der Waals surface area contributed by atoms with Crippen molar-refractivity contribution >= 4 is 37.5 Å². The summed E-state index contributed by atoms with van der Waals surface area (Å²) in [5.41, 5.74) is -4.40. The Labute approximate surface area is 199 Å². The molecule has 0 spiro atoms. The summed E-state index contributed by atoms with van der Waals surface area (Å²) in [4.78, 5) is 17.0. The molecule has 0 unspecified atom stereocenters. The number of halogens is 3. The van der Waals surface area contributed by atoms with E-state index in [1.54, 1.807) is 32.9 Å². The van der Waals surface area contributed by atoms with E-state index in [2.05, 4.69) is 4.98 Å². The molecule has 0 radical (unpaired) electrons. The molecule has 11 heteroatoms. The second kappa shape index (κ2) is 8.94. The highest BCUT2D eigenvalue weighted by Gasteiger charge is 2.49. The molecule has 0 aliphatic heterocycles. The topological polar surface area (TPSA) is 82.6 Å². The number of ketones is 1. The van der Waals surface area contributed by atoms with E-state index in [4.69, 9.17) is 8.92 Å². The first-order chi connectivity index (χ1) is 15.5. The lowest BCUT2D eigenvalue weighted by Gasteiger charge is -2.28. The van der Waals surface area contributed by atoms with Crippen molar-refractivity contribution in [2.75, 3.05) is 0 Å². The zero-order valence-corrected chi connectivity index (χ0v) is 21.0. The molecule has 0 aliphatic carbocycles. The predicted molar refractivity (Wildman–Crippen MR) is 124 cm³/mol. The molecule has 0 saturated heterocycles. The molecule has 1 heterocycles. The summed E-state index contributed by atoms with van der Waals surface area (Å²) in [7, 11) is -6.03. The number of rotatable bonds is 6. The van der Waals surface area contributed by atoms with Crippen molar-refractivity contribution in [1.29, 1.82) is 0 Å². The lowest BCUT2D eigenvalue weighted by Crippen LogP contribution is -2.30. The number of nitrogens with zero attached hydrogens (tertiary/aromatic N) is 1. The molecule has 1 aromatic heterocycles. The van der Waals surface area contributed by atoms with E-state index < -0.39 is 38.9 Å². The van der Waals surface area contributed by atoms with E-state index in [1.165, 1.54) is 13.8 Å². The highest BCUT2D eigenvalue weighted by atomic mass is 32.2. The van der Waals surface area contributed by atoms with Crippen molar-refractivity contribution in [2.45, 2.75) is 58.8 Å². The Morgan fingerprint density at radius 2 is 1.76 bits per heavy atom. The van der Waals surface area contributed by atoms with Crippen LogP contribution in [-0.4, -0.2) is 30.3 Å². The molecule has 34 heavy (non-hydrogen) atoms. The van der Waals surface area contributed by atoms with E-state index >= 15 is 0 Å². The van der Waals surface area contributed by atoms with Crippen LogP contribution in [0.5, 0.6) is 5.75 Å². The SMILES string of the molecule is CC(=O)[C@@H](OC(C)(C)C)c1c(C)cc2nc(-c3cccc(C)c3)sc2c1OS(=O)(=O)C(F)(F)F. The molecule has 6 nitrogen and oxygen atoms in total. The summed E-state index contributed by atoms with van der Waals surface area (Å²) >= 11 is 0.972. The van der Waals surface area contributed by atoms with Crippen molar-refractivity contribution in [3.63, 3.8) is 0 Å². The summed E-state index contributed by atoms with van der Waals surface area (Å²) in [6.07, 6.45) is -1.35. The van der Waals surface area contributed by atoms with Crippen LogP contribution in [0.15, 0.2) is 30.3 Å². The number of alkyl halides is 3. The van der Waals surface area contributed by atoms with Gasteiger partial charge in [-0.2, -0.15) is 21.6 Å². The Kier molecular flexibility index (Phi) is 6.86. The van der Waals surface area contributed by atoms with E-state index in [-0.39, 0.29) is 15.8 Å². The normalized spacial score (nSPS) is 13.8. The minimum absolute atomic E-state index is 0.0636. The fourth-order valence-corrected chi connectivity index (χ4v) is 4.92. The van der Waals surface area contributed by atoms with Crippen LogP contribution >= 0.6 is 11.3 Å². The molecule has 0 amide bonds. The minimum Gasteiger partial charge on any atom is -0.374 e. The number of ether oxygens (including phenoxy) is 1. The van der Waals surface area contributed by atoms with Crippen LogP contribution in [0.3, 0.4) is 0 Å². The van der Waals surface area contributed by atoms with Crippen LogP contribution in [0, 0.1) is 13.8 Å². The molecule has 0 bridgehead atoms. The lowest BCUT2D eigenvalue weighted by molar-refractivity contribution is -0.139. The Hall–Kier alpha value is -2.50. The van der Waals surface area contributed by atoms with Gasteiger partial charge in [0.2, 0.25) is 0 Å². The fraction of sp³-hybridized carbons (Fsp3) is 0.391. The lowest BCUT2D eigenvalue weighted by atomic mass is 9.98. The van der Waals surface area contributed by atoms with Crippen LogP contribution in [0.25, 0.3) is 20.8 Å². The molecule has 0 fully saturated rings. The highest BCUT2D eigenvalue weighted by Crippen LogP contribution is 2.45. The average Bonchev–Trinajstić information content (AvgIpc) is 3.08. The van der Waals surface area contributed by atoms with Gasteiger partial charge in [-0.05, 0) is 59.2 Å². The van der Waals surface area contributed by atoms with Gasteiger partial charge in [0.15, 0.2) is 11.5 Å². The van der Waals surface area contributed by atoms with Crippen molar-refractivity contribution in [1.82, 2.24) is 4.98 Å². The van der Waals surface area contributed by atoms with Crippen LogP contribution in [-0.2, 0) is 19.6 Å². The number of benzene rings is 2. The molecule has 1 atom stereocenters. The molecular formula is C23H24F3NO5S2. The van der Waals surface area contributed by atoms with Crippen LogP contribution in [0.4, 0.5) is 13.2 Å². The van der Waals surface area contributed by atoms with Gasteiger partial charge in [0.1, 0.15) is 11.1 Å². The third-order valence-electron chi connectivity index (χ3n) is 4.73. The summed E-state index contributed by atoms with van der Waals surface area (Å²) < 4.78 is 74.5. The van der Waals surface area contributed by atoms with Crippen LogP contribution in [0.2, 0.25) is 0 Å². The van der Waals surface area contributed by atoms with Gasteiger partial charge < -0.3 is 8.92 Å². The zero-order valence-electron chi connectivity index (χ0n) is 19.4. The number of thiazole rings is 1. The fourth-order valence-electron chi connectivity index (χ4n) is 3.34. The quantitative estimate of drug-likeness (QED) is 0.285. The van der Waals surface area contributed by atoms with E-state index in [1.807, 2.05) is 25.1 Å². The largest absolute Gasteiger partial charge is 0.534 e. The zero-order chi connectivity index (χ0) is 25.6. The van der Waals surface area contributed by atoms with Crippen LogP contribution < -0.4 is 4.18 Å². The maximum absolute atomic E-state index is 13.3. The first-order valence-electron chi connectivity index (χ1n) is 10.2. The van der Waals surface area contributed by atoms with Crippen molar-refractivity contribution in [2.24, 2.45) is 0 Å². The first kappa shape index (κ1) is 26.1. The number of aryl methyl sites for hydroxylation is 2. The summed E-state index contributed by atoms with van der Waals surface area (Å²) in [5.74, 6) is -1.12. The molecule has 3 aromatic rings. The molecule has 3 rings (SSSR count). The second-order valence-corrected chi connectivity index (χ2v) is 11.4. The average molecular weight is 516 g/mol. The van der Waals surface area contributed by atoms with Gasteiger partial charge in [0, 0.05) is 11.1 Å². The van der Waals surface area contributed by atoms with Crippen LogP contribution in [0.1, 0.15) is 50.5 Å². The van der Waals surface area contributed by atoms with Gasteiger partial charge in [-0.1, -0.05) is 23.8 Å². The number of carbonyl (C=O) groups excluding carboxylic acids is 1. The molecule has 0 N–H and O–H groups in total. The molecule has 184 valence electrons. The molecule has 0 saturated carbocycles. The molecule has 0 aliphatic rings. The van der Waals surface area contributed by atoms with Gasteiger partial charge in [-0.25, -0.2) is 4.98 Å². The van der Waals surface area contributed by atoms with Gasteiger partial charge >= 0.3 is 15.6 Å². The van der Waals surface area contributed by atoms with E-state index in [9.17, 15) is 26.4 Å². The maximum Gasteiger partial charge on any atom is 0.534 e. The van der Waals surface area contributed by atoms with Gasteiger partial charge in [-0.15, -0.1) is 11.3 Å². The van der Waals surface area contributed by atoms with E-state index in [0.717, 1.165) is 16.9 Å². The number of Topliss-reactive ketones (excluding diaryl/α,β-unsaturated/α-hetero) is 1. The number of hydrogen-bond acceptors (Lipinski definition) is 7. The molecule has 2 aromatic carbocycles. The number of hydrogen-bond donors (Lipinski definition) is 0. The summed E-state index contributed by atoms with van der Waals surface area (Å²) in [5, 5.41) is 0.459. The second-order valence-electron chi connectivity index (χ2n) is 8.88. The Bertz CT molecular complexity index is 1360. The Morgan fingerprint density at radius 1 is 1.12 bits per heavy atom. The summed E-state index contributed by atoms with van der Waals surface area (Å²) in [6, 6.07) is 8.90. The third kappa shape index (κ3) is 5.42. The molecular weight excluding hydrogens is 491 g/mol. The van der Waals surface area contributed by atoms with Crippen molar-refractivity contribution < 1.29 is 35.3 Å². The predicted octanol–water partition coefficient (Wildman–Crippen LogP) is 6.25. The van der Waals surface area contributed by atoms with Crippen molar-refractivity contribution in [3.8, 4) is 16.3 Å². The Morgan fingerprint density at radius 3 is 2.29 bits per heavy atom. The van der Waals surface area contributed by atoms with Gasteiger partial charge in [0.05, 0.1) is 15.8 Å². The van der Waals surface area contributed by atoms with Crippen molar-refractivity contribution in [3.05, 3.63) is 47.0 Å².